The summed E-state index contributed by atoms with van der Waals surface area (Å²) < 4.78 is 10.3. The molecule has 0 heterocycles. The number of carbonyl (C=O) groups excluding carboxylic acids is 1. The molecule has 0 aliphatic carbocycles. The Balaban J connectivity index is 2.41. The Morgan fingerprint density at radius 1 is 1.05 bits per heavy atom. The van der Waals surface area contributed by atoms with Crippen LogP contribution in [0.5, 0.6) is 11.5 Å². The van der Waals surface area contributed by atoms with Crippen LogP contribution in [0, 0.1) is 6.92 Å². The molecule has 0 spiro atoms. The topological polar surface area (TPSA) is 35.5 Å². The number of benzene rings is 2. The molecule has 0 bridgehead atoms. The fourth-order valence-electron chi connectivity index (χ4n) is 1.92. The van der Waals surface area contributed by atoms with Gasteiger partial charge in [-0.25, -0.2) is 0 Å². The molecule has 0 aliphatic heterocycles. The van der Waals surface area contributed by atoms with E-state index in [1.54, 1.807) is 44.6 Å². The fraction of sp³-hybridized carbons (Fsp3) is 0.188. The Hall–Kier alpha value is -2.00. The lowest BCUT2D eigenvalue weighted by Crippen LogP contribution is -2.03. The molecular formula is C16H15ClO3. The van der Waals surface area contributed by atoms with Gasteiger partial charge in [-0.3, -0.25) is 4.79 Å². The molecule has 104 valence electrons. The average Bonchev–Trinajstić information content (AvgIpc) is 2.47. The summed E-state index contributed by atoms with van der Waals surface area (Å²) in [5, 5.41) is 0.369. The Kier molecular flexibility index (Phi) is 4.30. The van der Waals surface area contributed by atoms with Crippen molar-refractivity contribution < 1.29 is 14.3 Å². The lowest BCUT2D eigenvalue weighted by atomic mass is 10.0. The minimum atomic E-state index is -0.143. The molecule has 4 heteroatoms. The van der Waals surface area contributed by atoms with Gasteiger partial charge < -0.3 is 9.47 Å². The van der Waals surface area contributed by atoms with Gasteiger partial charge >= 0.3 is 0 Å². The summed E-state index contributed by atoms with van der Waals surface area (Å²) in [6.07, 6.45) is 0. The highest BCUT2D eigenvalue weighted by Crippen LogP contribution is 2.26. The van der Waals surface area contributed by atoms with Crippen molar-refractivity contribution in [2.75, 3.05) is 14.2 Å². The number of halogens is 1. The molecule has 0 atom stereocenters. The zero-order valence-electron chi connectivity index (χ0n) is 11.6. The zero-order chi connectivity index (χ0) is 14.7. The van der Waals surface area contributed by atoms with E-state index in [-0.39, 0.29) is 5.78 Å². The lowest BCUT2D eigenvalue weighted by Gasteiger charge is -2.09. The van der Waals surface area contributed by atoms with Crippen molar-refractivity contribution in [2.45, 2.75) is 6.92 Å². The summed E-state index contributed by atoms with van der Waals surface area (Å²) >= 11 is 6.13. The van der Waals surface area contributed by atoms with Gasteiger partial charge in [0, 0.05) is 11.1 Å². The van der Waals surface area contributed by atoms with E-state index in [4.69, 9.17) is 21.1 Å². The highest BCUT2D eigenvalue weighted by Gasteiger charge is 2.15. The molecule has 0 fully saturated rings. The van der Waals surface area contributed by atoms with E-state index in [1.807, 2.05) is 13.0 Å². The minimum absolute atomic E-state index is 0.143. The number of aryl methyl sites for hydroxylation is 1. The number of ether oxygens (including phenoxy) is 2. The number of hydrogen-bond donors (Lipinski definition) is 0. The van der Waals surface area contributed by atoms with Crippen LogP contribution in [-0.4, -0.2) is 20.0 Å². The van der Waals surface area contributed by atoms with Crippen molar-refractivity contribution in [3.63, 3.8) is 0 Å². The van der Waals surface area contributed by atoms with Crippen LogP contribution >= 0.6 is 11.6 Å². The van der Waals surface area contributed by atoms with Crippen LogP contribution in [0.3, 0.4) is 0 Å². The largest absolute Gasteiger partial charge is 0.497 e. The van der Waals surface area contributed by atoms with Gasteiger partial charge in [-0.1, -0.05) is 23.7 Å². The van der Waals surface area contributed by atoms with Gasteiger partial charge in [0.25, 0.3) is 0 Å². The first kappa shape index (κ1) is 14.4. The van der Waals surface area contributed by atoms with Gasteiger partial charge in [0.2, 0.25) is 0 Å². The lowest BCUT2D eigenvalue weighted by molar-refractivity contribution is 0.103. The molecule has 2 rings (SSSR count). The molecule has 20 heavy (non-hydrogen) atoms. The molecule has 2 aromatic carbocycles. The summed E-state index contributed by atoms with van der Waals surface area (Å²) in [5.41, 5.74) is 1.96. The van der Waals surface area contributed by atoms with Crippen LogP contribution < -0.4 is 9.47 Å². The van der Waals surface area contributed by atoms with E-state index >= 15 is 0 Å². The van der Waals surface area contributed by atoms with Gasteiger partial charge in [0.15, 0.2) is 5.78 Å². The van der Waals surface area contributed by atoms with Crippen LogP contribution in [-0.2, 0) is 0 Å². The van der Waals surface area contributed by atoms with E-state index < -0.39 is 0 Å². The Labute approximate surface area is 123 Å². The standard InChI is InChI=1S/C16H15ClO3/c1-10-4-5-11(8-15(10)20-3)16(18)13-7-6-12(19-2)9-14(13)17/h4-9H,1-3H3. The molecule has 0 radical (unpaired) electrons. The van der Waals surface area contributed by atoms with Crippen LogP contribution in [0.4, 0.5) is 0 Å². The summed E-state index contributed by atoms with van der Waals surface area (Å²) in [5.74, 6) is 1.16. The van der Waals surface area contributed by atoms with Gasteiger partial charge in [-0.15, -0.1) is 0 Å². The van der Waals surface area contributed by atoms with Gasteiger partial charge in [-0.2, -0.15) is 0 Å². The highest BCUT2D eigenvalue weighted by molar-refractivity contribution is 6.35. The summed E-state index contributed by atoms with van der Waals surface area (Å²) in [7, 11) is 3.13. The van der Waals surface area contributed by atoms with Gasteiger partial charge in [-0.05, 0) is 36.8 Å². The summed E-state index contributed by atoms with van der Waals surface area (Å²) in [4.78, 5) is 12.5. The van der Waals surface area contributed by atoms with Gasteiger partial charge in [0.05, 0.1) is 19.2 Å². The molecule has 0 amide bonds. The molecule has 0 aromatic heterocycles. The van der Waals surface area contributed by atoms with Crippen molar-refractivity contribution in [3.8, 4) is 11.5 Å². The third-order valence-electron chi connectivity index (χ3n) is 3.09. The maximum absolute atomic E-state index is 12.5. The van der Waals surface area contributed by atoms with E-state index in [2.05, 4.69) is 0 Å². The Morgan fingerprint density at radius 2 is 1.80 bits per heavy atom. The second kappa shape index (κ2) is 5.97. The molecule has 0 saturated carbocycles. The van der Waals surface area contributed by atoms with E-state index in [9.17, 15) is 4.79 Å². The Morgan fingerprint density at radius 3 is 2.40 bits per heavy atom. The predicted molar refractivity (Wildman–Crippen MR) is 79.2 cm³/mol. The van der Waals surface area contributed by atoms with Crippen LogP contribution in [0.25, 0.3) is 0 Å². The van der Waals surface area contributed by atoms with Crippen LogP contribution in [0.15, 0.2) is 36.4 Å². The smallest absolute Gasteiger partial charge is 0.194 e. The maximum Gasteiger partial charge on any atom is 0.194 e. The second-order valence-corrected chi connectivity index (χ2v) is 4.77. The summed E-state index contributed by atoms with van der Waals surface area (Å²) in [6.45, 7) is 1.92. The first-order valence-corrected chi connectivity index (χ1v) is 6.47. The third kappa shape index (κ3) is 2.78. The molecule has 0 saturated heterocycles. The zero-order valence-corrected chi connectivity index (χ0v) is 12.3. The van der Waals surface area contributed by atoms with Crippen molar-refractivity contribution in [2.24, 2.45) is 0 Å². The average molecular weight is 291 g/mol. The van der Waals surface area contributed by atoms with Crippen molar-refractivity contribution in [1.29, 1.82) is 0 Å². The molecule has 0 N–H and O–H groups in total. The molecule has 3 nitrogen and oxygen atoms in total. The molecule has 2 aromatic rings. The normalized spacial score (nSPS) is 10.2. The first-order valence-electron chi connectivity index (χ1n) is 6.09. The monoisotopic (exact) mass is 290 g/mol. The molecular weight excluding hydrogens is 276 g/mol. The first-order chi connectivity index (χ1) is 9.56. The highest BCUT2D eigenvalue weighted by atomic mass is 35.5. The maximum atomic E-state index is 12.5. The predicted octanol–water partition coefficient (Wildman–Crippen LogP) is 3.90. The third-order valence-corrected chi connectivity index (χ3v) is 3.40. The number of hydrogen-bond acceptors (Lipinski definition) is 3. The Bertz CT molecular complexity index is 650. The van der Waals surface area contributed by atoms with Crippen LogP contribution in [0.1, 0.15) is 21.5 Å². The number of ketones is 1. The van der Waals surface area contributed by atoms with Crippen molar-refractivity contribution in [1.82, 2.24) is 0 Å². The number of carbonyl (C=O) groups is 1. The number of methoxy groups -OCH3 is 2. The summed E-state index contributed by atoms with van der Waals surface area (Å²) in [6, 6.07) is 10.3. The SMILES string of the molecule is COc1ccc(C(=O)c2ccc(C)c(OC)c2)c(Cl)c1. The van der Waals surface area contributed by atoms with E-state index in [0.717, 1.165) is 5.56 Å². The number of rotatable bonds is 4. The molecule has 0 unspecified atom stereocenters. The van der Waals surface area contributed by atoms with Crippen molar-refractivity contribution in [3.05, 3.63) is 58.1 Å². The van der Waals surface area contributed by atoms with Crippen LogP contribution in [0.2, 0.25) is 5.02 Å². The minimum Gasteiger partial charge on any atom is -0.497 e. The van der Waals surface area contributed by atoms with E-state index in [1.165, 1.54) is 0 Å². The molecule has 0 aliphatic rings. The fourth-order valence-corrected chi connectivity index (χ4v) is 2.18. The second-order valence-electron chi connectivity index (χ2n) is 4.36. The van der Waals surface area contributed by atoms with Gasteiger partial charge in [0.1, 0.15) is 11.5 Å². The van der Waals surface area contributed by atoms with Crippen molar-refractivity contribution >= 4 is 17.4 Å². The van der Waals surface area contributed by atoms with E-state index in [0.29, 0.717) is 27.6 Å². The quantitative estimate of drug-likeness (QED) is 0.801.